The summed E-state index contributed by atoms with van der Waals surface area (Å²) < 4.78 is 0. The van der Waals surface area contributed by atoms with Crippen LogP contribution in [0.5, 0.6) is 0 Å². The number of nitrogens with zero attached hydrogens (tertiary/aromatic N) is 10. The van der Waals surface area contributed by atoms with E-state index >= 15 is 0 Å². The normalized spacial score (nSPS) is 10.2. The third kappa shape index (κ3) is 9.88. The molecule has 284 valence electrons. The summed E-state index contributed by atoms with van der Waals surface area (Å²) in [5.41, 5.74) is 7.41. The van der Waals surface area contributed by atoms with E-state index in [2.05, 4.69) is 64.1 Å². The van der Waals surface area contributed by atoms with E-state index in [4.69, 9.17) is 0 Å². The second-order valence-electron chi connectivity index (χ2n) is 12.6. The Morgan fingerprint density at radius 1 is 0.411 bits per heavy atom. The maximum Gasteiger partial charge on any atom is 2.00 e. The van der Waals surface area contributed by atoms with Gasteiger partial charge >= 0.3 is 42.1 Å². The first-order valence-corrected chi connectivity index (χ1v) is 17.4. The molecule has 8 heterocycles. The second kappa shape index (κ2) is 19.7. The van der Waals surface area contributed by atoms with Gasteiger partial charge in [-0.1, -0.05) is 97.1 Å². The summed E-state index contributed by atoms with van der Waals surface area (Å²) in [5, 5.41) is 4.60. The third-order valence-electron chi connectivity index (χ3n) is 8.44. The van der Waals surface area contributed by atoms with Gasteiger partial charge in [0.15, 0.2) is 0 Å². The molecule has 0 atom stereocenters. The number of pyridine rings is 4. The number of anilines is 2. The molecule has 8 aromatic heterocycles. The number of fused-ring (bicyclic) bond motifs is 6. The summed E-state index contributed by atoms with van der Waals surface area (Å²) in [6, 6.07) is 43.8. The number of aromatic nitrogens is 8. The molecule has 0 aliphatic carbocycles. The molecule has 56 heavy (non-hydrogen) atoms. The molecule has 0 aliphatic heterocycles. The van der Waals surface area contributed by atoms with Gasteiger partial charge in [0.1, 0.15) is 0 Å². The van der Waals surface area contributed by atoms with Crippen molar-refractivity contribution in [3.63, 3.8) is 0 Å². The van der Waals surface area contributed by atoms with Gasteiger partial charge in [0, 0.05) is 63.6 Å². The standard InChI is InChI=1S/2C13H12N3.2C9H7N2.2Pt/c2*1-16(2)12-8-7-10-9-5-3-4-6-11(9)14-13(10)15-12;2*1-2-6-10-8(4-1)9-5-3-7-11-9;;/h2*3-8H,1-2H3;2*1-7H;;/q4*-1;2*+2. The summed E-state index contributed by atoms with van der Waals surface area (Å²) >= 11 is 0. The first-order valence-electron chi connectivity index (χ1n) is 17.4. The molecule has 0 amide bonds. The predicted octanol–water partition coefficient (Wildman–Crippen LogP) is 8.23. The Balaban J connectivity index is 0.000000143. The fraction of sp³-hybridized carbons (Fsp3) is 0.0909. The maximum absolute atomic E-state index is 4.53. The zero-order chi connectivity index (χ0) is 37.3. The maximum atomic E-state index is 4.53. The van der Waals surface area contributed by atoms with E-state index in [1.54, 1.807) is 24.8 Å². The minimum atomic E-state index is 0. The van der Waals surface area contributed by atoms with E-state index in [0.717, 1.165) is 67.5 Å². The smallest absolute Gasteiger partial charge is 0.662 e. The van der Waals surface area contributed by atoms with Gasteiger partial charge < -0.3 is 39.7 Å². The van der Waals surface area contributed by atoms with Crippen LogP contribution in [0.25, 0.3) is 66.6 Å². The Morgan fingerprint density at radius 2 is 0.821 bits per heavy atom. The molecule has 0 unspecified atom stereocenters. The van der Waals surface area contributed by atoms with Crippen LogP contribution in [0.1, 0.15) is 0 Å². The largest absolute Gasteiger partial charge is 2.00 e. The van der Waals surface area contributed by atoms with Crippen LogP contribution in [-0.4, -0.2) is 48.1 Å². The molecule has 10 nitrogen and oxygen atoms in total. The van der Waals surface area contributed by atoms with Gasteiger partial charge in [0.05, 0.1) is 0 Å². The zero-order valence-corrected chi connectivity index (χ0v) is 35.7. The zero-order valence-electron chi connectivity index (χ0n) is 31.1. The first-order chi connectivity index (χ1) is 26.4. The van der Waals surface area contributed by atoms with Gasteiger partial charge in [0.2, 0.25) is 0 Å². The summed E-state index contributed by atoms with van der Waals surface area (Å²) in [4.78, 5) is 38.6. The Morgan fingerprint density at radius 3 is 1.18 bits per heavy atom. The number of para-hydroxylation sites is 2. The van der Waals surface area contributed by atoms with E-state index in [-0.39, 0.29) is 42.1 Å². The molecule has 0 N–H and O–H groups in total. The molecular formula is C44H38N10Pt2. The van der Waals surface area contributed by atoms with E-state index in [9.17, 15) is 0 Å². The number of hydrogen-bond acceptors (Lipinski definition) is 6. The summed E-state index contributed by atoms with van der Waals surface area (Å²) in [6.45, 7) is 0. The fourth-order valence-corrected chi connectivity index (χ4v) is 5.72. The van der Waals surface area contributed by atoms with Crippen molar-refractivity contribution in [1.82, 2.24) is 39.9 Å². The van der Waals surface area contributed by atoms with E-state index in [1.165, 1.54) is 10.8 Å². The molecule has 0 saturated heterocycles. The van der Waals surface area contributed by atoms with Crippen molar-refractivity contribution in [3.8, 4) is 22.8 Å². The molecule has 0 aliphatic rings. The Hall–Kier alpha value is -5.82. The van der Waals surface area contributed by atoms with Gasteiger partial charge in [-0.05, 0) is 80.3 Å². The van der Waals surface area contributed by atoms with Crippen molar-refractivity contribution < 1.29 is 42.1 Å². The number of benzene rings is 2. The van der Waals surface area contributed by atoms with Gasteiger partial charge in [-0.25, -0.2) is 0 Å². The topological polar surface area (TPSA) is 114 Å². The van der Waals surface area contributed by atoms with Crippen molar-refractivity contribution in [2.24, 2.45) is 0 Å². The van der Waals surface area contributed by atoms with E-state index < -0.39 is 0 Å². The predicted molar refractivity (Wildman–Crippen MR) is 220 cm³/mol. The number of hydrogen-bond donors (Lipinski definition) is 0. The molecule has 0 saturated carbocycles. The van der Waals surface area contributed by atoms with Gasteiger partial charge in [-0.2, -0.15) is 12.4 Å². The fourth-order valence-electron chi connectivity index (χ4n) is 5.72. The molecule has 0 bridgehead atoms. The van der Waals surface area contributed by atoms with Gasteiger partial charge in [0.25, 0.3) is 0 Å². The van der Waals surface area contributed by atoms with Crippen molar-refractivity contribution in [2.75, 3.05) is 38.0 Å². The monoisotopic (exact) mass is 1100 g/mol. The van der Waals surface area contributed by atoms with Crippen molar-refractivity contribution in [2.45, 2.75) is 0 Å². The molecular weight excluding hydrogens is 1060 g/mol. The second-order valence-corrected chi connectivity index (χ2v) is 12.6. The first kappa shape index (κ1) is 41.3. The quantitative estimate of drug-likeness (QED) is 0.171. The molecule has 10 rings (SSSR count). The Labute approximate surface area is 354 Å². The SMILES string of the molecule is CN(C)c1ccc2c(n1)[n-]c1ccccc12.CN(C)c1ccc2c(n1)[n-]c1ccccc12.[Pt+2].[Pt+2].c1ccc(-c2ccc[n-]2)nc1.c1ccc(-c2ccc[n-]2)nc1. The van der Waals surface area contributed by atoms with Crippen molar-refractivity contribution in [3.05, 3.63) is 158 Å². The van der Waals surface area contributed by atoms with Crippen molar-refractivity contribution >= 4 is 55.5 Å². The van der Waals surface area contributed by atoms with Crippen LogP contribution in [0.4, 0.5) is 11.6 Å². The molecule has 12 heteroatoms. The van der Waals surface area contributed by atoms with Gasteiger partial charge in [-0.15, -0.1) is 11.4 Å². The summed E-state index contributed by atoms with van der Waals surface area (Å²) in [6.07, 6.45) is 7.07. The molecule has 10 aromatic rings. The van der Waals surface area contributed by atoms with Crippen molar-refractivity contribution in [1.29, 1.82) is 0 Å². The number of rotatable bonds is 4. The van der Waals surface area contributed by atoms with Crippen LogP contribution in [-0.2, 0) is 42.1 Å². The van der Waals surface area contributed by atoms with Gasteiger partial charge in [-0.3, -0.25) is 9.97 Å². The Bertz CT molecular complexity index is 2480. The molecule has 0 fully saturated rings. The molecule has 0 spiro atoms. The van der Waals surface area contributed by atoms with E-state index in [1.807, 2.05) is 147 Å². The third-order valence-corrected chi connectivity index (χ3v) is 8.44. The average Bonchev–Trinajstić information content (AvgIpc) is 4.05. The van der Waals surface area contributed by atoms with Crippen LogP contribution in [0, 0.1) is 0 Å². The van der Waals surface area contributed by atoms with Crippen LogP contribution in [0.2, 0.25) is 0 Å². The van der Waals surface area contributed by atoms with E-state index in [0.29, 0.717) is 0 Å². The molecule has 0 radical (unpaired) electrons. The minimum absolute atomic E-state index is 0. The van der Waals surface area contributed by atoms with Crippen LogP contribution in [0.15, 0.2) is 158 Å². The summed E-state index contributed by atoms with van der Waals surface area (Å²) in [5.74, 6) is 1.88. The minimum Gasteiger partial charge on any atom is -0.662 e. The summed E-state index contributed by atoms with van der Waals surface area (Å²) in [7, 11) is 7.93. The van der Waals surface area contributed by atoms with Crippen LogP contribution < -0.4 is 29.7 Å². The average molecular weight is 1100 g/mol. The van der Waals surface area contributed by atoms with Crippen LogP contribution >= 0.6 is 0 Å². The Kier molecular flexibility index (Phi) is 14.5. The van der Waals surface area contributed by atoms with Crippen LogP contribution in [0.3, 0.4) is 0 Å². The molecule has 2 aromatic carbocycles.